The second kappa shape index (κ2) is 3.92. The van der Waals surface area contributed by atoms with E-state index in [-0.39, 0.29) is 24.1 Å². The largest absolute Gasteiger partial charge is 0.348 e. The molecule has 88 valence electrons. The van der Waals surface area contributed by atoms with Gasteiger partial charge in [-0.15, -0.1) is 0 Å². The predicted octanol–water partition coefficient (Wildman–Crippen LogP) is 2.77. The summed E-state index contributed by atoms with van der Waals surface area (Å²) in [6.07, 6.45) is -0.342. The Balaban J connectivity index is 2.35. The number of hydrogen-bond acceptors (Lipinski definition) is 3. The Bertz CT molecular complexity index is 427. The number of alkyl halides is 2. The Morgan fingerprint density at radius 1 is 1.25 bits per heavy atom. The molecule has 0 radical (unpaired) electrons. The van der Waals surface area contributed by atoms with Crippen LogP contribution in [0.15, 0.2) is 0 Å². The first-order chi connectivity index (χ1) is 7.39. The first-order valence-electron chi connectivity index (χ1n) is 4.40. The SMILES string of the molecule is Fc1c(Cl)nc(Cl)nc1N1CCC(F)(F)C1. The van der Waals surface area contributed by atoms with Gasteiger partial charge in [-0.05, 0) is 11.6 Å². The van der Waals surface area contributed by atoms with Gasteiger partial charge in [-0.25, -0.2) is 13.8 Å². The van der Waals surface area contributed by atoms with E-state index in [9.17, 15) is 13.2 Å². The van der Waals surface area contributed by atoms with Crippen molar-refractivity contribution >= 4 is 29.0 Å². The highest BCUT2D eigenvalue weighted by molar-refractivity contribution is 6.32. The number of aromatic nitrogens is 2. The van der Waals surface area contributed by atoms with E-state index in [2.05, 4.69) is 9.97 Å². The maximum Gasteiger partial charge on any atom is 0.266 e. The minimum Gasteiger partial charge on any atom is -0.348 e. The van der Waals surface area contributed by atoms with Crippen molar-refractivity contribution in [2.45, 2.75) is 12.3 Å². The van der Waals surface area contributed by atoms with Crippen molar-refractivity contribution < 1.29 is 13.2 Å². The Labute approximate surface area is 99.2 Å². The Kier molecular flexibility index (Phi) is 2.88. The maximum atomic E-state index is 13.5. The van der Waals surface area contributed by atoms with Gasteiger partial charge >= 0.3 is 0 Å². The molecule has 1 aliphatic rings. The summed E-state index contributed by atoms with van der Waals surface area (Å²) in [5.41, 5.74) is 0. The lowest BCUT2D eigenvalue weighted by Gasteiger charge is -2.17. The quantitative estimate of drug-likeness (QED) is 0.581. The maximum absolute atomic E-state index is 13.5. The van der Waals surface area contributed by atoms with Crippen molar-refractivity contribution in [3.63, 3.8) is 0 Å². The van der Waals surface area contributed by atoms with Gasteiger partial charge in [0.25, 0.3) is 5.92 Å². The van der Waals surface area contributed by atoms with E-state index in [0.29, 0.717) is 0 Å². The Morgan fingerprint density at radius 3 is 2.50 bits per heavy atom. The third-order valence-corrected chi connectivity index (χ3v) is 2.65. The highest BCUT2D eigenvalue weighted by atomic mass is 35.5. The van der Waals surface area contributed by atoms with Gasteiger partial charge in [-0.1, -0.05) is 11.6 Å². The number of hydrogen-bond donors (Lipinski definition) is 0. The molecular weight excluding hydrogens is 266 g/mol. The Morgan fingerprint density at radius 2 is 1.94 bits per heavy atom. The first-order valence-corrected chi connectivity index (χ1v) is 5.16. The molecule has 0 amide bonds. The van der Waals surface area contributed by atoms with Crippen molar-refractivity contribution in [3.8, 4) is 0 Å². The van der Waals surface area contributed by atoms with Gasteiger partial charge in [0.2, 0.25) is 11.1 Å². The van der Waals surface area contributed by atoms with Crippen LogP contribution in [0.3, 0.4) is 0 Å². The van der Waals surface area contributed by atoms with E-state index >= 15 is 0 Å². The summed E-state index contributed by atoms with van der Waals surface area (Å²) in [5, 5.41) is -0.734. The fourth-order valence-electron chi connectivity index (χ4n) is 1.51. The summed E-state index contributed by atoms with van der Waals surface area (Å²) in [7, 11) is 0. The molecule has 0 unspecified atom stereocenters. The second-order valence-corrected chi connectivity index (χ2v) is 4.14. The van der Waals surface area contributed by atoms with E-state index in [1.165, 1.54) is 0 Å². The molecule has 0 N–H and O–H groups in total. The van der Waals surface area contributed by atoms with E-state index in [0.717, 1.165) is 4.90 Å². The summed E-state index contributed by atoms with van der Waals surface area (Å²) < 4.78 is 39.4. The fraction of sp³-hybridized carbons (Fsp3) is 0.500. The van der Waals surface area contributed by atoms with Gasteiger partial charge in [0, 0.05) is 13.0 Å². The van der Waals surface area contributed by atoms with Crippen LogP contribution in [0.2, 0.25) is 10.4 Å². The molecule has 0 aliphatic carbocycles. The fourth-order valence-corrected chi connectivity index (χ4v) is 1.88. The van der Waals surface area contributed by atoms with Gasteiger partial charge in [-0.2, -0.15) is 9.37 Å². The van der Waals surface area contributed by atoms with E-state index in [1.807, 2.05) is 0 Å². The van der Waals surface area contributed by atoms with E-state index in [4.69, 9.17) is 23.2 Å². The minimum atomic E-state index is -2.84. The zero-order valence-electron chi connectivity index (χ0n) is 7.85. The van der Waals surface area contributed by atoms with E-state index < -0.39 is 23.4 Å². The molecule has 1 aromatic rings. The van der Waals surface area contributed by atoms with Crippen molar-refractivity contribution in [1.82, 2.24) is 9.97 Å². The lowest BCUT2D eigenvalue weighted by atomic mass is 10.3. The van der Waals surface area contributed by atoms with Crippen LogP contribution in [0.4, 0.5) is 19.0 Å². The zero-order chi connectivity index (χ0) is 11.9. The van der Waals surface area contributed by atoms with Crippen LogP contribution in [0.5, 0.6) is 0 Å². The normalized spacial score (nSPS) is 19.2. The number of nitrogens with zero attached hydrogens (tertiary/aromatic N) is 3. The summed E-state index contributed by atoms with van der Waals surface area (Å²) in [6, 6.07) is 0. The number of rotatable bonds is 1. The minimum absolute atomic E-state index is 0.00753. The molecule has 0 bridgehead atoms. The molecule has 2 rings (SSSR count). The van der Waals surface area contributed by atoms with Crippen molar-refractivity contribution in [3.05, 3.63) is 16.3 Å². The molecule has 8 heteroatoms. The van der Waals surface area contributed by atoms with E-state index in [1.54, 1.807) is 0 Å². The predicted molar refractivity (Wildman–Crippen MR) is 53.8 cm³/mol. The summed E-state index contributed by atoms with van der Waals surface area (Å²) in [6.45, 7) is -0.582. The van der Waals surface area contributed by atoms with Gasteiger partial charge in [0.15, 0.2) is 11.0 Å². The standard InChI is InChI=1S/C8H6Cl2F3N3/c9-5-4(11)6(15-7(10)14-5)16-2-1-8(12,13)3-16/h1-3H2. The average molecular weight is 272 g/mol. The molecule has 0 atom stereocenters. The van der Waals surface area contributed by atoms with Crippen molar-refractivity contribution in [2.75, 3.05) is 18.0 Å². The van der Waals surface area contributed by atoms with Gasteiger partial charge < -0.3 is 4.90 Å². The molecule has 0 saturated carbocycles. The Hall–Kier alpha value is -0.750. The number of halogens is 5. The van der Waals surface area contributed by atoms with Crippen LogP contribution < -0.4 is 4.90 Å². The van der Waals surface area contributed by atoms with Crippen molar-refractivity contribution in [2.24, 2.45) is 0 Å². The lowest BCUT2D eigenvalue weighted by Crippen LogP contribution is -2.26. The zero-order valence-corrected chi connectivity index (χ0v) is 9.36. The third-order valence-electron chi connectivity index (χ3n) is 2.24. The summed E-state index contributed by atoms with van der Waals surface area (Å²) in [5.74, 6) is -4.04. The van der Waals surface area contributed by atoms with Crippen LogP contribution in [-0.4, -0.2) is 29.0 Å². The second-order valence-electron chi connectivity index (χ2n) is 3.45. The van der Waals surface area contributed by atoms with Crippen LogP contribution in [-0.2, 0) is 0 Å². The molecule has 3 nitrogen and oxygen atoms in total. The number of anilines is 1. The molecule has 1 aliphatic heterocycles. The topological polar surface area (TPSA) is 29.0 Å². The summed E-state index contributed by atoms with van der Waals surface area (Å²) >= 11 is 10.9. The molecule has 1 fully saturated rings. The van der Waals surface area contributed by atoms with Gasteiger partial charge in [0.05, 0.1) is 6.54 Å². The molecule has 0 aromatic carbocycles. The third kappa shape index (κ3) is 2.17. The first kappa shape index (κ1) is 11.7. The average Bonchev–Trinajstić information content (AvgIpc) is 2.52. The van der Waals surface area contributed by atoms with Crippen LogP contribution in [0.1, 0.15) is 6.42 Å². The monoisotopic (exact) mass is 271 g/mol. The molecule has 2 heterocycles. The molecule has 0 spiro atoms. The van der Waals surface area contributed by atoms with Gasteiger partial charge in [0.1, 0.15) is 0 Å². The lowest BCUT2D eigenvalue weighted by molar-refractivity contribution is 0.0256. The van der Waals surface area contributed by atoms with Crippen LogP contribution in [0, 0.1) is 5.82 Å². The molecule has 1 aromatic heterocycles. The smallest absolute Gasteiger partial charge is 0.266 e. The summed E-state index contributed by atoms with van der Waals surface area (Å²) in [4.78, 5) is 8.05. The van der Waals surface area contributed by atoms with Gasteiger partial charge in [-0.3, -0.25) is 0 Å². The van der Waals surface area contributed by atoms with Crippen LogP contribution >= 0.6 is 23.2 Å². The molecule has 1 saturated heterocycles. The van der Waals surface area contributed by atoms with Crippen molar-refractivity contribution in [1.29, 1.82) is 0 Å². The highest BCUT2D eigenvalue weighted by Gasteiger charge is 2.40. The molecular formula is C8H6Cl2F3N3. The highest BCUT2D eigenvalue weighted by Crippen LogP contribution is 2.32. The van der Waals surface area contributed by atoms with Crippen LogP contribution in [0.25, 0.3) is 0 Å². The molecule has 16 heavy (non-hydrogen) atoms.